The molecule has 0 bridgehead atoms. The Morgan fingerprint density at radius 3 is 1.93 bits per heavy atom. The largest absolute Gasteiger partial charge is 0.506 e. The Morgan fingerprint density at radius 1 is 0.721 bits per heavy atom. The molecule has 0 saturated carbocycles. The van der Waals surface area contributed by atoms with Gasteiger partial charge in [-0.25, -0.2) is 0 Å². The fourth-order valence-corrected chi connectivity index (χ4v) is 8.83. The average Bonchev–Trinajstić information content (AvgIpc) is 3.23. The molecule has 13 nitrogen and oxygen atoms in total. The molecule has 17 heteroatoms. The van der Waals surface area contributed by atoms with E-state index >= 15 is 0 Å². The number of nitrogens with one attached hydrogen (secondary N) is 3. The van der Waals surface area contributed by atoms with Crippen LogP contribution >= 0.6 is 0 Å². The summed E-state index contributed by atoms with van der Waals surface area (Å²) in [4.78, 5) is 14.3. The van der Waals surface area contributed by atoms with Crippen LogP contribution < -0.4 is 46.5 Å². The van der Waals surface area contributed by atoms with Crippen molar-refractivity contribution in [1.29, 1.82) is 0 Å². The number of carbonyl (C=O) groups excluding carboxylic acids is 1. The van der Waals surface area contributed by atoms with Gasteiger partial charge in [0.25, 0.3) is 27.1 Å². The molecule has 1 heterocycles. The Morgan fingerprint density at radius 2 is 1.31 bits per heavy atom. The van der Waals surface area contributed by atoms with Gasteiger partial charge in [0.05, 0.1) is 35.9 Å². The molecule has 6 N–H and O–H groups in total. The summed E-state index contributed by atoms with van der Waals surface area (Å²) < 4.78 is 73.3. The highest BCUT2D eigenvalue weighted by Crippen LogP contribution is 2.45. The SMILES string of the molecule is C=c1/c(=C2/C(=O)C(c3ccc4cccc5c4c3NB(c3ccc(OCCCS(=O)(=O)O)cc3)N5)=C2O)ccc2cccc(NB(C)c3ccc(OCCCS(=O)(=O)O)cc3)c12. The zero-order chi connectivity index (χ0) is 43.1. The van der Waals surface area contributed by atoms with Crippen LogP contribution in [0.1, 0.15) is 18.4 Å². The molecule has 1 aliphatic carbocycles. The molecule has 0 amide bonds. The van der Waals surface area contributed by atoms with Gasteiger partial charge in [-0.15, -0.1) is 0 Å². The first kappa shape index (κ1) is 41.5. The van der Waals surface area contributed by atoms with E-state index in [4.69, 9.17) is 18.6 Å². The summed E-state index contributed by atoms with van der Waals surface area (Å²) in [6.07, 6.45) is 0.313. The number of benzene rings is 6. The van der Waals surface area contributed by atoms with Gasteiger partial charge in [0.2, 0.25) is 5.78 Å². The molecule has 310 valence electrons. The fourth-order valence-electron chi connectivity index (χ4n) is 7.86. The van der Waals surface area contributed by atoms with Gasteiger partial charge in [0.15, 0.2) is 0 Å². The van der Waals surface area contributed by atoms with Gasteiger partial charge in [-0.3, -0.25) is 13.9 Å². The molecule has 0 fully saturated rings. The number of allylic oxidation sites excluding steroid dienone is 2. The zero-order valence-corrected chi connectivity index (χ0v) is 34.6. The molecule has 6 aromatic rings. The third-order valence-corrected chi connectivity index (χ3v) is 12.5. The minimum Gasteiger partial charge on any atom is -0.506 e. The third kappa shape index (κ3) is 8.82. The number of rotatable bonds is 15. The second-order valence-electron chi connectivity index (χ2n) is 15.0. The van der Waals surface area contributed by atoms with Crippen LogP contribution in [0.2, 0.25) is 6.82 Å². The maximum absolute atomic E-state index is 14.3. The molecule has 0 atom stereocenters. The number of carbonyl (C=O) groups is 1. The number of anilines is 3. The van der Waals surface area contributed by atoms with E-state index in [0.717, 1.165) is 43.8 Å². The Balaban J connectivity index is 1.06. The maximum Gasteiger partial charge on any atom is 0.406 e. The molecule has 6 aromatic carbocycles. The first-order chi connectivity index (χ1) is 29.1. The van der Waals surface area contributed by atoms with Gasteiger partial charge in [-0.1, -0.05) is 91.7 Å². The minimum absolute atomic E-state index is 0.117. The van der Waals surface area contributed by atoms with E-state index in [0.29, 0.717) is 33.2 Å². The molecular weight excluding hydrogens is 816 g/mol. The van der Waals surface area contributed by atoms with Crippen LogP contribution in [-0.4, -0.2) is 75.4 Å². The van der Waals surface area contributed by atoms with Gasteiger partial charge in [0, 0.05) is 33.4 Å². The van der Waals surface area contributed by atoms with Crippen molar-refractivity contribution in [3.8, 4) is 11.5 Å². The van der Waals surface area contributed by atoms with E-state index in [1.165, 1.54) is 0 Å². The quantitative estimate of drug-likeness (QED) is 0.0477. The maximum atomic E-state index is 14.3. The third-order valence-electron chi connectivity index (χ3n) is 10.8. The van der Waals surface area contributed by atoms with E-state index < -0.39 is 27.2 Å². The predicted octanol–water partition coefficient (Wildman–Crippen LogP) is 4.59. The highest BCUT2D eigenvalue weighted by atomic mass is 32.2. The van der Waals surface area contributed by atoms with E-state index in [-0.39, 0.29) is 67.1 Å². The number of aliphatic hydroxyl groups is 1. The number of Topliss-reactive ketones (excluding diaryl/α,β-unsaturated/α-hetero) is 1. The topological polar surface area (TPSA) is 201 Å². The lowest BCUT2D eigenvalue weighted by molar-refractivity contribution is -0.109. The predicted molar refractivity (Wildman–Crippen MR) is 244 cm³/mol. The summed E-state index contributed by atoms with van der Waals surface area (Å²) in [5.41, 5.74) is 5.12. The Bertz CT molecular complexity index is 3090. The zero-order valence-electron chi connectivity index (χ0n) is 33.0. The number of hydrogen-bond acceptors (Lipinski definition) is 11. The lowest BCUT2D eigenvalue weighted by Gasteiger charge is -2.31. The Kier molecular flexibility index (Phi) is 11.3. The first-order valence-corrected chi connectivity index (χ1v) is 22.8. The number of hydrogen-bond donors (Lipinski definition) is 6. The Hall–Kier alpha value is -6.26. The number of ether oxygens (including phenoxy) is 2. The number of ketones is 1. The molecule has 2 aliphatic rings. The molecule has 8 rings (SSSR count). The normalized spacial score (nSPS) is 14.7. The van der Waals surface area contributed by atoms with Gasteiger partial charge in [-0.2, -0.15) is 16.8 Å². The summed E-state index contributed by atoms with van der Waals surface area (Å²) in [6.45, 7) is 6.13. The highest BCUT2D eigenvalue weighted by Gasteiger charge is 2.38. The van der Waals surface area contributed by atoms with Crippen LogP contribution in [0.5, 0.6) is 11.5 Å². The van der Waals surface area contributed by atoms with Crippen molar-refractivity contribution in [2.45, 2.75) is 19.7 Å². The van der Waals surface area contributed by atoms with Crippen LogP contribution in [0, 0.1) is 0 Å². The van der Waals surface area contributed by atoms with Gasteiger partial charge < -0.3 is 30.3 Å². The molecule has 0 aromatic heterocycles. The smallest absolute Gasteiger partial charge is 0.406 e. The minimum atomic E-state index is -4.06. The molecule has 61 heavy (non-hydrogen) atoms. The van der Waals surface area contributed by atoms with Gasteiger partial charge in [-0.05, 0) is 75.9 Å². The highest BCUT2D eigenvalue weighted by molar-refractivity contribution is 7.86. The summed E-state index contributed by atoms with van der Waals surface area (Å²) in [5.74, 6) is -0.0619. The second-order valence-corrected chi connectivity index (χ2v) is 18.2. The molecule has 0 radical (unpaired) electrons. The average molecular weight is 858 g/mol. The van der Waals surface area contributed by atoms with Crippen LogP contribution in [0.3, 0.4) is 0 Å². The van der Waals surface area contributed by atoms with Crippen LogP contribution in [0.4, 0.5) is 17.1 Å². The van der Waals surface area contributed by atoms with E-state index in [1.54, 1.807) is 24.3 Å². The fraction of sp³-hybridized carbons (Fsp3) is 0.159. The number of aliphatic hydroxyl groups excluding tert-OH is 1. The summed E-state index contributed by atoms with van der Waals surface area (Å²) in [7, 11) is -8.10. The Labute approximate surface area is 353 Å². The van der Waals surface area contributed by atoms with E-state index in [9.17, 15) is 26.7 Å². The summed E-state index contributed by atoms with van der Waals surface area (Å²) >= 11 is 0. The van der Waals surface area contributed by atoms with Gasteiger partial charge in [0.1, 0.15) is 17.3 Å². The van der Waals surface area contributed by atoms with Crippen LogP contribution in [0.15, 0.2) is 115 Å². The lowest BCUT2D eigenvalue weighted by Crippen LogP contribution is -2.48. The standard InChI is InChI=1S/C44H41B2N3O10S2/c1-27-34(21-11-28-7-3-9-36(38(27)28)47-45(2)30-13-17-32(18-14-30)58-23-5-25-60(52,53)54)40-43(50)41(44(40)51)35-22-12-29-8-4-10-37-39(29)42(35)49-46(48-37)31-15-19-33(20-16-31)59-24-6-26-61(55,56)57/h3-4,7-22,47-50H,1,5-6,23-26H2,2H3,(H,52,53,54)(H,55,56,57)/b40-34+. The van der Waals surface area contributed by atoms with Crippen molar-refractivity contribution in [2.24, 2.45) is 0 Å². The van der Waals surface area contributed by atoms with Crippen molar-refractivity contribution >= 4 is 107 Å². The van der Waals surface area contributed by atoms with Crippen molar-refractivity contribution < 1.29 is 45.3 Å². The van der Waals surface area contributed by atoms with Crippen LogP contribution in [-0.2, 0) is 25.0 Å². The molecular formula is C44H41B2N3O10S2. The summed E-state index contributed by atoms with van der Waals surface area (Å²) in [5, 5.41) is 27.1. The molecule has 0 saturated heterocycles. The summed E-state index contributed by atoms with van der Waals surface area (Å²) in [6, 6.07) is 34.0. The molecule has 0 unspecified atom stereocenters. The van der Waals surface area contributed by atoms with Crippen molar-refractivity contribution in [3.05, 3.63) is 131 Å². The van der Waals surface area contributed by atoms with Gasteiger partial charge >= 0.3 is 6.98 Å². The van der Waals surface area contributed by atoms with Crippen molar-refractivity contribution in [2.75, 3.05) is 40.4 Å². The van der Waals surface area contributed by atoms with Crippen molar-refractivity contribution in [3.63, 3.8) is 0 Å². The van der Waals surface area contributed by atoms with E-state index in [2.05, 4.69) is 22.3 Å². The monoisotopic (exact) mass is 857 g/mol. The molecule has 0 spiro atoms. The molecule has 1 aliphatic heterocycles. The lowest BCUT2D eigenvalue weighted by atomic mass is 9.58. The van der Waals surface area contributed by atoms with Crippen LogP contribution in [0.25, 0.3) is 39.3 Å². The number of fused-ring (bicyclic) bond motifs is 1. The first-order valence-electron chi connectivity index (χ1n) is 19.6. The van der Waals surface area contributed by atoms with E-state index in [1.807, 2.05) is 91.8 Å². The van der Waals surface area contributed by atoms with Crippen molar-refractivity contribution in [1.82, 2.24) is 0 Å². The second kappa shape index (κ2) is 16.7.